The number of amides is 2. The van der Waals surface area contributed by atoms with E-state index in [-0.39, 0.29) is 11.7 Å². The minimum absolute atomic E-state index is 0.0156. The molecule has 1 spiro atoms. The fourth-order valence-electron chi connectivity index (χ4n) is 4.96. The first-order valence-electron chi connectivity index (χ1n) is 11.5. The Bertz CT molecular complexity index is 1220. The molecule has 3 heterocycles. The number of benzene rings is 2. The first kappa shape index (κ1) is 23.4. The molecule has 0 saturated carbocycles. The zero-order valence-electron chi connectivity index (χ0n) is 19.2. The summed E-state index contributed by atoms with van der Waals surface area (Å²) in [5, 5.41) is 2.83. The van der Waals surface area contributed by atoms with Crippen LogP contribution in [0, 0.1) is 0 Å². The van der Waals surface area contributed by atoms with Crippen LogP contribution in [0.1, 0.15) is 42.4 Å². The average molecular weight is 486 g/mol. The number of hydrogen-bond donors (Lipinski definition) is 1. The van der Waals surface area contributed by atoms with Crippen LogP contribution in [0.2, 0.25) is 0 Å². The molecule has 0 atom stereocenters. The number of rotatable bonds is 2. The van der Waals surface area contributed by atoms with E-state index in [0.29, 0.717) is 62.1 Å². The Kier molecular flexibility index (Phi) is 5.83. The van der Waals surface area contributed by atoms with Gasteiger partial charge in [-0.2, -0.15) is 13.2 Å². The number of anilines is 2. The molecular weight excluding hydrogens is 461 g/mol. The van der Waals surface area contributed by atoms with Crippen LogP contribution in [0.25, 0.3) is 5.57 Å². The maximum absolute atomic E-state index is 13.3. The van der Waals surface area contributed by atoms with Crippen molar-refractivity contribution in [2.75, 3.05) is 30.5 Å². The van der Waals surface area contributed by atoms with Gasteiger partial charge in [0, 0.05) is 55.7 Å². The van der Waals surface area contributed by atoms with Crippen LogP contribution in [-0.2, 0) is 26.9 Å². The van der Waals surface area contributed by atoms with Gasteiger partial charge in [-0.15, -0.1) is 0 Å². The third-order valence-corrected chi connectivity index (χ3v) is 6.90. The highest BCUT2D eigenvalue weighted by atomic mass is 19.4. The number of hydrogen-bond acceptors (Lipinski definition) is 4. The van der Waals surface area contributed by atoms with E-state index in [0.717, 1.165) is 23.4 Å². The summed E-state index contributed by atoms with van der Waals surface area (Å²) in [7, 11) is 1.70. The Hall–Kier alpha value is -3.33. The fraction of sp³-hybridized carbons (Fsp3) is 0.385. The molecule has 1 fully saturated rings. The molecule has 2 aromatic carbocycles. The van der Waals surface area contributed by atoms with E-state index < -0.39 is 23.2 Å². The number of carbonyl (C=O) groups excluding carboxylic acids is 2. The quantitative estimate of drug-likeness (QED) is 0.609. The lowest BCUT2D eigenvalue weighted by Crippen LogP contribution is -2.44. The minimum Gasteiger partial charge on any atom is -0.486 e. The summed E-state index contributed by atoms with van der Waals surface area (Å²) in [6.45, 7) is 0.879. The number of alkyl halides is 3. The van der Waals surface area contributed by atoms with Crippen LogP contribution in [-0.4, -0.2) is 37.7 Å². The van der Waals surface area contributed by atoms with Gasteiger partial charge in [0.2, 0.25) is 11.8 Å². The van der Waals surface area contributed by atoms with Crippen LogP contribution >= 0.6 is 0 Å². The molecule has 35 heavy (non-hydrogen) atoms. The van der Waals surface area contributed by atoms with E-state index in [4.69, 9.17) is 9.47 Å². The molecule has 184 valence electrons. The van der Waals surface area contributed by atoms with Crippen molar-refractivity contribution < 1.29 is 32.2 Å². The molecule has 0 bridgehead atoms. The molecule has 0 unspecified atom stereocenters. The number of carbonyl (C=O) groups is 2. The summed E-state index contributed by atoms with van der Waals surface area (Å²) in [5.41, 5.74) is 1.90. The minimum atomic E-state index is -4.50. The Morgan fingerprint density at radius 2 is 1.89 bits per heavy atom. The van der Waals surface area contributed by atoms with Gasteiger partial charge < -0.3 is 19.7 Å². The van der Waals surface area contributed by atoms with E-state index in [2.05, 4.69) is 5.32 Å². The van der Waals surface area contributed by atoms with Crippen LogP contribution in [0.5, 0.6) is 5.75 Å². The molecule has 1 N–H and O–H groups in total. The summed E-state index contributed by atoms with van der Waals surface area (Å²) in [6, 6.07) is 8.81. The molecule has 6 nitrogen and oxygen atoms in total. The number of nitrogens with zero attached hydrogens (tertiary/aromatic N) is 1. The van der Waals surface area contributed by atoms with E-state index in [1.165, 1.54) is 12.1 Å². The normalized spacial score (nSPS) is 20.3. The zero-order valence-corrected chi connectivity index (χ0v) is 19.2. The summed E-state index contributed by atoms with van der Waals surface area (Å²) in [5.74, 6) is -0.262. The van der Waals surface area contributed by atoms with Crippen molar-refractivity contribution in [3.63, 3.8) is 0 Å². The van der Waals surface area contributed by atoms with Gasteiger partial charge in [-0.3, -0.25) is 9.59 Å². The summed E-state index contributed by atoms with van der Waals surface area (Å²) in [4.78, 5) is 26.6. The topological polar surface area (TPSA) is 67.9 Å². The second-order valence-corrected chi connectivity index (χ2v) is 9.24. The van der Waals surface area contributed by atoms with Crippen molar-refractivity contribution in [2.45, 2.75) is 43.9 Å². The van der Waals surface area contributed by atoms with Crippen molar-refractivity contribution in [1.82, 2.24) is 0 Å². The maximum atomic E-state index is 13.3. The second-order valence-electron chi connectivity index (χ2n) is 9.24. The third kappa shape index (κ3) is 4.65. The molecule has 3 aliphatic rings. The first-order valence-corrected chi connectivity index (χ1v) is 11.5. The molecule has 0 radical (unpaired) electrons. The molecule has 2 aromatic rings. The van der Waals surface area contributed by atoms with Crippen LogP contribution in [0.4, 0.5) is 24.5 Å². The van der Waals surface area contributed by atoms with Gasteiger partial charge >= 0.3 is 6.18 Å². The number of fused-ring (bicyclic) bond motifs is 2. The van der Waals surface area contributed by atoms with Gasteiger partial charge in [0.05, 0.1) is 18.8 Å². The SMILES string of the molecule is CN1C(=O)CCc2ccc(NC(=O)C=C3CC4(CCOCC4)Oc4cc(C(F)(F)F)ccc43)cc21. The van der Waals surface area contributed by atoms with Gasteiger partial charge in [0.15, 0.2) is 0 Å². The van der Waals surface area contributed by atoms with E-state index in [9.17, 15) is 22.8 Å². The highest BCUT2D eigenvalue weighted by molar-refractivity contribution is 6.05. The smallest absolute Gasteiger partial charge is 0.416 e. The van der Waals surface area contributed by atoms with E-state index in [1.54, 1.807) is 24.1 Å². The third-order valence-electron chi connectivity index (χ3n) is 6.90. The Balaban J connectivity index is 1.45. The lowest BCUT2D eigenvalue weighted by atomic mass is 9.81. The predicted molar refractivity (Wildman–Crippen MR) is 124 cm³/mol. The average Bonchev–Trinajstić information content (AvgIpc) is 2.81. The fourth-order valence-corrected chi connectivity index (χ4v) is 4.96. The highest BCUT2D eigenvalue weighted by Crippen LogP contribution is 2.46. The van der Waals surface area contributed by atoms with Crippen molar-refractivity contribution in [3.8, 4) is 5.75 Å². The summed E-state index contributed by atoms with van der Waals surface area (Å²) >= 11 is 0. The number of halogens is 3. The molecule has 5 rings (SSSR count). The second kappa shape index (κ2) is 8.71. The molecule has 3 aliphatic heterocycles. The zero-order chi connectivity index (χ0) is 24.8. The largest absolute Gasteiger partial charge is 0.486 e. The van der Waals surface area contributed by atoms with Crippen LogP contribution < -0.4 is 15.0 Å². The Morgan fingerprint density at radius 3 is 2.63 bits per heavy atom. The maximum Gasteiger partial charge on any atom is 0.416 e. The van der Waals surface area contributed by atoms with Gasteiger partial charge in [-0.05, 0) is 41.8 Å². The van der Waals surface area contributed by atoms with Gasteiger partial charge in [-0.25, -0.2) is 0 Å². The summed E-state index contributed by atoms with van der Waals surface area (Å²) < 4.78 is 51.6. The van der Waals surface area contributed by atoms with E-state index in [1.807, 2.05) is 6.07 Å². The van der Waals surface area contributed by atoms with Crippen LogP contribution in [0.3, 0.4) is 0 Å². The summed E-state index contributed by atoms with van der Waals surface area (Å²) in [6.07, 6.45) is -0.533. The number of ether oxygens (including phenoxy) is 2. The van der Waals surface area contributed by atoms with Gasteiger partial charge in [-0.1, -0.05) is 12.1 Å². The molecule has 9 heteroatoms. The molecule has 0 aromatic heterocycles. The lowest BCUT2D eigenvalue weighted by Gasteiger charge is -2.42. The Morgan fingerprint density at radius 1 is 1.11 bits per heavy atom. The van der Waals surface area contributed by atoms with Crippen molar-refractivity contribution >= 4 is 28.8 Å². The number of aryl methyl sites for hydroxylation is 1. The predicted octanol–water partition coefficient (Wildman–Crippen LogP) is 4.97. The van der Waals surface area contributed by atoms with Crippen molar-refractivity contribution in [1.29, 1.82) is 0 Å². The monoisotopic (exact) mass is 486 g/mol. The first-order chi connectivity index (χ1) is 16.6. The molecule has 2 amide bonds. The lowest BCUT2D eigenvalue weighted by molar-refractivity contribution is -0.138. The van der Waals surface area contributed by atoms with Gasteiger partial charge in [0.25, 0.3) is 0 Å². The molecular formula is C26H25F3N2O4. The molecule has 0 aliphatic carbocycles. The number of nitrogens with one attached hydrogen (secondary N) is 1. The van der Waals surface area contributed by atoms with Crippen molar-refractivity contribution in [3.05, 3.63) is 59.2 Å². The van der Waals surface area contributed by atoms with Crippen LogP contribution in [0.15, 0.2) is 42.5 Å². The standard InChI is InChI=1S/C26H25F3N2O4/c1-31-21-14-19(5-2-16(21)3-7-24(31)33)30-23(32)12-17-15-25(8-10-34-11-9-25)35-22-13-18(26(27,28)29)4-6-20(17)22/h2,4-6,12-14H,3,7-11,15H2,1H3,(H,30,32). The Labute approximate surface area is 200 Å². The highest BCUT2D eigenvalue weighted by Gasteiger charge is 2.41. The van der Waals surface area contributed by atoms with E-state index >= 15 is 0 Å². The van der Waals surface area contributed by atoms with Gasteiger partial charge in [0.1, 0.15) is 11.4 Å². The molecule has 1 saturated heterocycles. The van der Waals surface area contributed by atoms with Crippen molar-refractivity contribution in [2.24, 2.45) is 0 Å².